The van der Waals surface area contributed by atoms with Crippen LogP contribution in [0.5, 0.6) is 5.75 Å². The first-order valence-corrected chi connectivity index (χ1v) is 6.59. The number of ether oxygens (including phenoxy) is 3. The predicted octanol–water partition coefficient (Wildman–Crippen LogP) is 1.38. The van der Waals surface area contributed by atoms with Crippen molar-refractivity contribution < 1.29 is 38.2 Å². The molecule has 0 aliphatic heterocycles. The van der Waals surface area contributed by atoms with Crippen LogP contribution >= 0.6 is 0 Å². The van der Waals surface area contributed by atoms with Gasteiger partial charge in [-0.15, -0.1) is 0 Å². The summed E-state index contributed by atoms with van der Waals surface area (Å²) in [4.78, 5) is 34.1. The Morgan fingerprint density at radius 1 is 1.08 bits per heavy atom. The van der Waals surface area contributed by atoms with Gasteiger partial charge in [0.25, 0.3) is 5.76 Å². The summed E-state index contributed by atoms with van der Waals surface area (Å²) in [5.41, 5.74) is 0.368. The number of benzene rings is 1. The number of nitrogens with zero attached hydrogens (tertiary/aromatic N) is 1. The molecule has 24 heavy (non-hydrogen) atoms. The van der Waals surface area contributed by atoms with Crippen LogP contribution in [0, 0.1) is 0 Å². The molecule has 2 aromatic rings. The van der Waals surface area contributed by atoms with Crippen LogP contribution in [0.25, 0.3) is 11.3 Å². The fourth-order valence-corrected chi connectivity index (χ4v) is 1.86. The second kappa shape index (κ2) is 7.27. The Bertz CT molecular complexity index is 762. The molecule has 0 fully saturated rings. The molecule has 1 aromatic heterocycles. The zero-order valence-electron chi connectivity index (χ0n) is 12.8. The summed E-state index contributed by atoms with van der Waals surface area (Å²) in [5.74, 6) is -2.83. The van der Waals surface area contributed by atoms with E-state index >= 15 is 0 Å². The van der Waals surface area contributed by atoms with Crippen molar-refractivity contribution in [3.05, 3.63) is 35.6 Å². The lowest BCUT2D eigenvalue weighted by Gasteiger charge is -2.05. The highest BCUT2D eigenvalue weighted by Gasteiger charge is 2.29. The van der Waals surface area contributed by atoms with Gasteiger partial charge >= 0.3 is 17.9 Å². The van der Waals surface area contributed by atoms with Crippen LogP contribution in [-0.2, 0) is 14.3 Å². The van der Waals surface area contributed by atoms with Crippen molar-refractivity contribution in [1.29, 1.82) is 0 Å². The van der Waals surface area contributed by atoms with Crippen LogP contribution in [0.15, 0.2) is 28.8 Å². The molecule has 0 bridgehead atoms. The molecule has 1 aromatic carbocycles. The van der Waals surface area contributed by atoms with Crippen molar-refractivity contribution >= 4 is 17.9 Å². The van der Waals surface area contributed by atoms with Gasteiger partial charge in [-0.1, -0.05) is 5.16 Å². The standard InChI is InChI=1S/C15H13NO8/c1-21-14(19)11-12(16-24-13(11)15(20)22-2)8-3-5-9(6-4-8)23-7-10(17)18/h3-6H,7H2,1-2H3,(H,17,18). The Hall–Kier alpha value is -3.36. The maximum Gasteiger partial charge on any atom is 0.377 e. The number of carboxylic acid groups (broad SMARTS) is 1. The van der Waals surface area contributed by atoms with E-state index in [9.17, 15) is 14.4 Å². The van der Waals surface area contributed by atoms with Crippen molar-refractivity contribution in [2.24, 2.45) is 0 Å². The minimum Gasteiger partial charge on any atom is -0.482 e. The van der Waals surface area contributed by atoms with E-state index in [0.29, 0.717) is 11.3 Å². The zero-order chi connectivity index (χ0) is 17.7. The van der Waals surface area contributed by atoms with Crippen molar-refractivity contribution in [3.8, 4) is 17.0 Å². The molecule has 0 aliphatic rings. The number of carbonyl (C=O) groups is 3. The fraction of sp³-hybridized carbons (Fsp3) is 0.200. The quantitative estimate of drug-likeness (QED) is 0.779. The normalized spacial score (nSPS) is 10.1. The van der Waals surface area contributed by atoms with E-state index in [1.807, 2.05) is 0 Å². The van der Waals surface area contributed by atoms with Gasteiger partial charge in [0.1, 0.15) is 17.0 Å². The highest BCUT2D eigenvalue weighted by molar-refractivity contribution is 6.05. The molecule has 0 radical (unpaired) electrons. The lowest BCUT2D eigenvalue weighted by molar-refractivity contribution is -0.139. The lowest BCUT2D eigenvalue weighted by atomic mass is 10.1. The number of hydrogen-bond acceptors (Lipinski definition) is 8. The van der Waals surface area contributed by atoms with E-state index in [-0.39, 0.29) is 17.0 Å². The summed E-state index contributed by atoms with van der Waals surface area (Å²) < 4.78 is 19.1. The average molecular weight is 335 g/mol. The van der Waals surface area contributed by atoms with Gasteiger partial charge < -0.3 is 23.8 Å². The van der Waals surface area contributed by atoms with Crippen LogP contribution in [0.4, 0.5) is 0 Å². The van der Waals surface area contributed by atoms with Crippen LogP contribution in [0.1, 0.15) is 20.9 Å². The first-order chi connectivity index (χ1) is 11.5. The van der Waals surface area contributed by atoms with Gasteiger partial charge in [0.15, 0.2) is 6.61 Å². The van der Waals surface area contributed by atoms with E-state index in [1.54, 1.807) is 0 Å². The molecule has 0 unspecified atom stereocenters. The third-order valence-electron chi connectivity index (χ3n) is 2.94. The molecule has 1 heterocycles. The second-order valence-electron chi connectivity index (χ2n) is 4.43. The average Bonchev–Trinajstić information content (AvgIpc) is 3.04. The summed E-state index contributed by atoms with van der Waals surface area (Å²) in [6.45, 7) is -0.483. The zero-order valence-corrected chi connectivity index (χ0v) is 12.8. The van der Waals surface area contributed by atoms with Crippen LogP contribution in [-0.4, -0.2) is 49.0 Å². The second-order valence-corrected chi connectivity index (χ2v) is 4.43. The summed E-state index contributed by atoms with van der Waals surface area (Å²) in [5, 5.41) is 12.3. The molecule has 0 aliphatic carbocycles. The highest BCUT2D eigenvalue weighted by atomic mass is 16.6. The molecule has 0 saturated heterocycles. The van der Waals surface area contributed by atoms with Crippen molar-refractivity contribution in [3.63, 3.8) is 0 Å². The van der Waals surface area contributed by atoms with Crippen LogP contribution < -0.4 is 4.74 Å². The van der Waals surface area contributed by atoms with E-state index in [4.69, 9.17) is 14.4 Å². The Morgan fingerprint density at radius 2 is 1.71 bits per heavy atom. The smallest absolute Gasteiger partial charge is 0.377 e. The van der Waals surface area contributed by atoms with E-state index < -0.39 is 24.5 Å². The molecule has 0 amide bonds. The minimum absolute atomic E-state index is 0.0898. The largest absolute Gasteiger partial charge is 0.482 e. The number of carboxylic acids is 1. The SMILES string of the molecule is COC(=O)c1onc(-c2ccc(OCC(=O)O)cc2)c1C(=O)OC. The van der Waals surface area contributed by atoms with Gasteiger partial charge in [0.05, 0.1) is 14.2 Å². The Balaban J connectivity index is 2.37. The maximum absolute atomic E-state index is 11.9. The molecule has 0 spiro atoms. The molecule has 126 valence electrons. The van der Waals surface area contributed by atoms with Gasteiger partial charge in [-0.2, -0.15) is 0 Å². The number of aliphatic carboxylic acids is 1. The summed E-state index contributed by atoms with van der Waals surface area (Å²) in [6.07, 6.45) is 0. The van der Waals surface area contributed by atoms with Gasteiger partial charge in [0.2, 0.25) is 0 Å². The van der Waals surface area contributed by atoms with Crippen molar-refractivity contribution in [2.45, 2.75) is 0 Å². The summed E-state index contributed by atoms with van der Waals surface area (Å²) in [6, 6.07) is 6.04. The number of rotatable bonds is 6. The molecule has 1 N–H and O–H groups in total. The van der Waals surface area contributed by atoms with Gasteiger partial charge in [-0.25, -0.2) is 14.4 Å². The Morgan fingerprint density at radius 3 is 2.25 bits per heavy atom. The molecule has 0 saturated carbocycles. The van der Waals surface area contributed by atoms with Gasteiger partial charge in [0, 0.05) is 5.56 Å². The van der Waals surface area contributed by atoms with Crippen molar-refractivity contribution in [2.75, 3.05) is 20.8 Å². The molecular weight excluding hydrogens is 322 g/mol. The molecule has 2 rings (SSSR count). The fourth-order valence-electron chi connectivity index (χ4n) is 1.86. The maximum atomic E-state index is 11.9. The molecule has 0 atom stereocenters. The van der Waals surface area contributed by atoms with Crippen LogP contribution in [0.3, 0.4) is 0 Å². The first kappa shape index (κ1) is 17.0. The molecule has 9 heteroatoms. The number of hydrogen-bond donors (Lipinski definition) is 1. The monoisotopic (exact) mass is 335 g/mol. The number of carbonyl (C=O) groups excluding carboxylic acids is 2. The topological polar surface area (TPSA) is 125 Å². The lowest BCUT2D eigenvalue weighted by Crippen LogP contribution is -2.10. The molecule has 9 nitrogen and oxygen atoms in total. The Labute approximate surface area is 135 Å². The van der Waals surface area contributed by atoms with Crippen molar-refractivity contribution in [1.82, 2.24) is 5.16 Å². The molecular formula is C15H13NO8. The van der Waals surface area contributed by atoms with E-state index in [0.717, 1.165) is 14.2 Å². The number of aromatic nitrogens is 1. The van der Waals surface area contributed by atoms with Crippen LogP contribution in [0.2, 0.25) is 0 Å². The summed E-state index contributed by atoms with van der Waals surface area (Å²) >= 11 is 0. The third kappa shape index (κ3) is 3.51. The predicted molar refractivity (Wildman–Crippen MR) is 77.7 cm³/mol. The minimum atomic E-state index is -1.11. The third-order valence-corrected chi connectivity index (χ3v) is 2.94. The number of methoxy groups -OCH3 is 2. The van der Waals surface area contributed by atoms with Gasteiger partial charge in [-0.05, 0) is 24.3 Å². The summed E-state index contributed by atoms with van der Waals surface area (Å²) in [7, 11) is 2.29. The van der Waals surface area contributed by atoms with Gasteiger partial charge in [-0.3, -0.25) is 0 Å². The highest BCUT2D eigenvalue weighted by Crippen LogP contribution is 2.28. The first-order valence-electron chi connectivity index (χ1n) is 6.59. The number of esters is 2. The van der Waals surface area contributed by atoms with E-state index in [1.165, 1.54) is 24.3 Å². The van der Waals surface area contributed by atoms with E-state index in [2.05, 4.69) is 14.6 Å². The Kier molecular flexibility index (Phi) is 5.15.